The first-order valence-corrected chi connectivity index (χ1v) is 30.6. The van der Waals surface area contributed by atoms with Crippen molar-refractivity contribution >= 4 is 59.4 Å². The molecule has 0 bridgehead atoms. The lowest BCUT2D eigenvalue weighted by Crippen LogP contribution is -2.63. The minimum Gasteiger partial charge on any atom is -0.458 e. The van der Waals surface area contributed by atoms with Crippen molar-refractivity contribution in [3.05, 3.63) is 212 Å². The van der Waals surface area contributed by atoms with E-state index in [1.807, 2.05) is 71.4 Å². The molecule has 1 aliphatic heterocycles. The van der Waals surface area contributed by atoms with E-state index in [-0.39, 0.29) is 33.4 Å². The van der Waals surface area contributed by atoms with Crippen LogP contribution in [0.3, 0.4) is 0 Å². The fourth-order valence-electron chi connectivity index (χ4n) is 10.5. The third-order valence-corrected chi connectivity index (χ3v) is 22.0. The number of para-hydroxylation sites is 2. The molecule has 71 heavy (non-hydrogen) atoms. The zero-order valence-corrected chi connectivity index (χ0v) is 42.9. The molecule has 0 unspecified atom stereocenters. The van der Waals surface area contributed by atoms with Crippen molar-refractivity contribution in [3.8, 4) is 62.1 Å². The van der Waals surface area contributed by atoms with E-state index in [0.29, 0.717) is 28.2 Å². The zero-order valence-electron chi connectivity index (χ0n) is 50.9. The lowest BCUT2D eigenvalue weighted by Gasteiger charge is -2.39. The van der Waals surface area contributed by atoms with E-state index >= 15 is 0 Å². The second kappa shape index (κ2) is 17.1. The molecule has 5 nitrogen and oxygen atoms in total. The van der Waals surface area contributed by atoms with E-state index in [9.17, 15) is 5.48 Å². The van der Waals surface area contributed by atoms with Gasteiger partial charge in [-0.25, -0.2) is 4.98 Å². The maximum atomic E-state index is 9.24. The molecule has 12 rings (SSSR count). The van der Waals surface area contributed by atoms with E-state index in [0.717, 1.165) is 44.3 Å². The van der Waals surface area contributed by atoms with Gasteiger partial charge in [-0.2, -0.15) is 0 Å². The van der Waals surface area contributed by atoms with Crippen molar-refractivity contribution in [1.29, 1.82) is 0 Å². The van der Waals surface area contributed by atoms with Gasteiger partial charge >= 0.3 is 0 Å². The Bertz CT molecular complexity index is 4320. The first-order chi connectivity index (χ1) is 38.4. The Labute approximate surface area is 433 Å². The summed E-state index contributed by atoms with van der Waals surface area (Å²) in [6.07, 6.45) is 5.46. The lowest BCUT2D eigenvalue weighted by molar-refractivity contribution is -0.571. The van der Waals surface area contributed by atoms with Gasteiger partial charge in [0.15, 0.2) is 0 Å². The summed E-state index contributed by atoms with van der Waals surface area (Å²) < 4.78 is 102. The topological polar surface area (TPSA) is 35.9 Å². The highest BCUT2D eigenvalue weighted by Gasteiger charge is 2.39. The van der Waals surface area contributed by atoms with Crippen molar-refractivity contribution in [2.24, 2.45) is 0 Å². The Morgan fingerprint density at radius 2 is 1.23 bits per heavy atom. The summed E-state index contributed by atoms with van der Waals surface area (Å²) in [7, 11) is -3.43. The Kier molecular flexibility index (Phi) is 8.34. The minimum atomic E-state index is -1.77. The van der Waals surface area contributed by atoms with Gasteiger partial charge in [0.25, 0.3) is 6.33 Å². The van der Waals surface area contributed by atoms with E-state index in [1.165, 1.54) is 22.5 Å². The van der Waals surface area contributed by atoms with Crippen LogP contribution in [-0.4, -0.2) is 30.3 Å². The van der Waals surface area contributed by atoms with Crippen LogP contribution < -0.4 is 19.7 Å². The molecule has 4 heterocycles. The number of aromatic nitrogens is 4. The van der Waals surface area contributed by atoms with Gasteiger partial charge in [-0.1, -0.05) is 203 Å². The quantitative estimate of drug-likeness (QED) is 0.0864. The van der Waals surface area contributed by atoms with Crippen LogP contribution in [0.25, 0.3) is 83.4 Å². The van der Waals surface area contributed by atoms with E-state index < -0.39 is 76.6 Å². The molecular weight excluding hydrogens is 897 g/mol. The number of hydrogen-bond acceptors (Lipinski definition) is 2. The molecule has 0 aliphatic carbocycles. The first kappa shape index (κ1) is 34.7. The average Bonchev–Trinajstić information content (AvgIpc) is 4.26. The van der Waals surface area contributed by atoms with Crippen LogP contribution in [0.4, 0.5) is 0 Å². The summed E-state index contributed by atoms with van der Waals surface area (Å²) >= 11 is 0. The summed E-state index contributed by atoms with van der Waals surface area (Å²) in [4.78, 5) is 4.88. The lowest BCUT2D eigenvalue weighted by atomic mass is 9.88. The molecule has 348 valence electrons. The van der Waals surface area contributed by atoms with Crippen molar-refractivity contribution in [2.75, 3.05) is 0 Å². The van der Waals surface area contributed by atoms with Gasteiger partial charge in [0, 0.05) is 23.0 Å². The number of fused-ring (bicyclic) bond motifs is 5. The summed E-state index contributed by atoms with van der Waals surface area (Å²) in [5, 5.41) is 5.15. The highest BCUT2D eigenvalue weighted by molar-refractivity contribution is 7.03. The molecule has 0 radical (unpaired) electrons. The third kappa shape index (κ3) is 7.94. The first-order valence-electron chi connectivity index (χ1n) is 29.2. The average molecular weight is 965 g/mol. The maximum Gasteiger partial charge on any atom is 0.269 e. The van der Waals surface area contributed by atoms with Crippen molar-refractivity contribution in [3.63, 3.8) is 0 Å². The van der Waals surface area contributed by atoms with Gasteiger partial charge in [-0.3, -0.25) is 13.7 Å². The van der Waals surface area contributed by atoms with Gasteiger partial charge < -0.3 is 4.74 Å². The predicted molar refractivity (Wildman–Crippen MR) is 301 cm³/mol. The second-order valence-corrected chi connectivity index (χ2v) is 30.6. The number of nitrogens with zero attached hydrogens (tertiary/aromatic N) is 4. The summed E-state index contributed by atoms with van der Waals surface area (Å²) in [5.74, 6) is 1.91. The fourth-order valence-corrected chi connectivity index (χ4v) is 20.7. The van der Waals surface area contributed by atoms with Crippen LogP contribution in [0.15, 0.2) is 200 Å². The van der Waals surface area contributed by atoms with Crippen LogP contribution >= 0.6 is 0 Å². The molecule has 11 aromatic rings. The zero-order chi connectivity index (χ0) is 57.4. The largest absolute Gasteiger partial charge is 0.458 e. The van der Waals surface area contributed by atoms with Crippen LogP contribution in [0.1, 0.15) is 40.0 Å². The van der Waals surface area contributed by atoms with Crippen LogP contribution in [0.5, 0.6) is 11.5 Å². The van der Waals surface area contributed by atoms with Crippen molar-refractivity contribution in [1.82, 2.24) is 14.1 Å². The summed E-state index contributed by atoms with van der Waals surface area (Å²) in [6.45, 7) is 16.4. The van der Waals surface area contributed by atoms with Gasteiger partial charge in [0.2, 0.25) is 0 Å². The molecule has 0 spiro atoms. The predicted octanol–water partition coefficient (Wildman–Crippen LogP) is 15.1. The van der Waals surface area contributed by atoms with Crippen molar-refractivity contribution in [2.45, 2.75) is 64.5 Å². The fraction of sp³-hybridized carbons (Fsp3) is 0.156. The van der Waals surface area contributed by atoms with Gasteiger partial charge in [0.1, 0.15) is 17.3 Å². The number of ether oxygens (including phenoxy) is 1. The van der Waals surface area contributed by atoms with Gasteiger partial charge in [-0.15, -0.1) is 0 Å². The van der Waals surface area contributed by atoms with E-state index in [1.54, 1.807) is 22.8 Å². The molecule has 8 aromatic carbocycles. The Hall–Kier alpha value is -7.59. The highest BCUT2D eigenvalue weighted by atomic mass is 28.3. The molecule has 1 aliphatic rings. The molecule has 0 amide bonds. The minimum absolute atomic E-state index is 0.0994. The molecule has 0 saturated heterocycles. The van der Waals surface area contributed by atoms with Gasteiger partial charge in [-0.05, 0) is 99.0 Å². The highest BCUT2D eigenvalue weighted by Crippen LogP contribution is 2.39. The van der Waals surface area contributed by atoms with Crippen LogP contribution in [0.2, 0.25) is 38.3 Å². The van der Waals surface area contributed by atoms with Crippen LogP contribution in [-0.2, 0) is 5.41 Å². The third-order valence-electron chi connectivity index (χ3n) is 14.4. The molecule has 3 aromatic heterocycles. The SMILES string of the molecule is [2H]c1c([2H])c([2H])c(-c2cccc(-c3c([2H])c([2H])c([2H])c([2H])c3[2H])c2-[n+]2[c-]n(-c3cccc(Oc4ccc5c6ccccc6n(-c6cc(C(C)(C)C)ccn6)c5c4)c3)c3cc(-c4ccc5c(c4)[Si](C)(C)CC[Si]5(C)C)ccc32)c([2H])c1[2H]. The van der Waals surface area contributed by atoms with E-state index in [4.69, 9.17) is 17.9 Å². The summed E-state index contributed by atoms with van der Waals surface area (Å²) in [6, 6.07) is 41.5. The smallest absolute Gasteiger partial charge is 0.269 e. The molecule has 0 fully saturated rings. The number of benzene rings is 8. The standard InChI is InChI=1S/C64H58N4OSi2/c1-64(2,3)48-34-35-65-62(40-48)68-56-27-15-14-24-54(56)55-31-30-51(42-58(55)68)69-50-23-16-22-49(41-50)66-43-67(63-52(44-18-10-8-11-19-44)25-17-26-53(63)45-20-12-9-13-21-45)57-32-28-46(38-59(57)66)47-29-33-60-61(39-47)71(6,7)37-36-70(60,4)5/h8-35,38-42H,36-37H2,1-7H3/i8D,9D,10D,11D,12D,13D,18D,19D,20D,21D. The molecule has 0 saturated carbocycles. The number of imidazole rings is 1. The monoisotopic (exact) mass is 964 g/mol. The molecular formula is C64H58N4OSi2. The van der Waals surface area contributed by atoms with Crippen molar-refractivity contribution < 1.29 is 23.0 Å². The number of hydrogen-bond donors (Lipinski definition) is 0. The molecule has 0 N–H and O–H groups in total. The van der Waals surface area contributed by atoms with Crippen LogP contribution in [0, 0.1) is 6.33 Å². The molecule has 0 atom stereocenters. The van der Waals surface area contributed by atoms with E-state index in [2.05, 4.69) is 112 Å². The Balaban J connectivity index is 1.09. The maximum absolute atomic E-state index is 9.24. The van der Waals surface area contributed by atoms with Gasteiger partial charge in [0.05, 0.1) is 63.3 Å². The Morgan fingerprint density at radius 1 is 0.577 bits per heavy atom. The number of pyridine rings is 1. The molecule has 7 heteroatoms. The second-order valence-electron chi connectivity index (χ2n) is 21.0. The summed E-state index contributed by atoms with van der Waals surface area (Å²) in [5.41, 5.74) is 7.17. The Morgan fingerprint density at radius 3 is 1.96 bits per heavy atom. The number of rotatable bonds is 8. The normalized spacial score (nSPS) is 16.2.